The molecule has 3 N–H and O–H groups in total. The number of hydrogen-bond donors (Lipinski definition) is 3. The van der Waals surface area contributed by atoms with Gasteiger partial charge in [-0.2, -0.15) is 5.10 Å². The maximum Gasteiger partial charge on any atom is 0.192 e. The number of hydrogen-bond acceptors (Lipinski definition) is 5. The van der Waals surface area contributed by atoms with E-state index >= 15 is 0 Å². The molecule has 0 amide bonds. The van der Waals surface area contributed by atoms with Gasteiger partial charge >= 0.3 is 0 Å². The molecule has 2 aromatic rings. The summed E-state index contributed by atoms with van der Waals surface area (Å²) in [6.07, 6.45) is 8.27. The van der Waals surface area contributed by atoms with Crippen LogP contribution < -0.4 is 10.6 Å². The van der Waals surface area contributed by atoms with Gasteiger partial charge in [-0.15, -0.1) is 34.2 Å². The molecule has 28 heavy (non-hydrogen) atoms. The van der Waals surface area contributed by atoms with Crippen LogP contribution in [0.4, 0.5) is 0 Å². The molecule has 10 heteroatoms. The molecule has 1 unspecified atom stereocenters. The third-order valence-corrected chi connectivity index (χ3v) is 5.18. The second kappa shape index (κ2) is 9.68. The van der Waals surface area contributed by atoms with Crippen molar-refractivity contribution in [1.82, 2.24) is 35.2 Å². The van der Waals surface area contributed by atoms with Crippen molar-refractivity contribution in [3.8, 4) is 0 Å². The second-order valence-corrected chi connectivity index (χ2v) is 7.54. The molecule has 2 heterocycles. The minimum Gasteiger partial charge on any atom is -0.383 e. The summed E-state index contributed by atoms with van der Waals surface area (Å²) >= 11 is 0. The number of nitrogens with zero attached hydrogens (tertiary/aromatic N) is 6. The average molecular weight is 502 g/mol. The highest BCUT2D eigenvalue weighted by atomic mass is 127. The molecular weight excluding hydrogens is 471 g/mol. The van der Waals surface area contributed by atoms with Crippen molar-refractivity contribution in [3.63, 3.8) is 0 Å². The Morgan fingerprint density at radius 3 is 2.61 bits per heavy atom. The van der Waals surface area contributed by atoms with Crippen LogP contribution in [-0.4, -0.2) is 48.2 Å². The van der Waals surface area contributed by atoms with E-state index in [4.69, 9.17) is 0 Å². The molecule has 1 atom stereocenters. The van der Waals surface area contributed by atoms with Gasteiger partial charge in [0.1, 0.15) is 18.0 Å². The van der Waals surface area contributed by atoms with Crippen molar-refractivity contribution < 1.29 is 5.11 Å². The summed E-state index contributed by atoms with van der Waals surface area (Å²) in [5, 5.41) is 30.0. The molecule has 1 saturated carbocycles. The molecule has 0 radical (unpaired) electrons. The Labute approximate surface area is 183 Å². The zero-order valence-corrected chi connectivity index (χ0v) is 19.3. The lowest BCUT2D eigenvalue weighted by Gasteiger charge is -2.25. The fourth-order valence-electron chi connectivity index (χ4n) is 3.21. The largest absolute Gasteiger partial charge is 0.383 e. The fourth-order valence-corrected chi connectivity index (χ4v) is 3.21. The number of aliphatic imine (C=N–C) groups is 1. The van der Waals surface area contributed by atoms with Gasteiger partial charge in [-0.1, -0.05) is 12.8 Å². The molecule has 0 spiro atoms. The third-order valence-electron chi connectivity index (χ3n) is 5.18. The average Bonchev–Trinajstić information content (AvgIpc) is 3.35. The number of nitrogens with one attached hydrogen (secondary N) is 2. The summed E-state index contributed by atoms with van der Waals surface area (Å²) in [5.41, 5.74) is -0.282. The number of halogens is 1. The van der Waals surface area contributed by atoms with Crippen molar-refractivity contribution in [2.45, 2.75) is 57.7 Å². The lowest BCUT2D eigenvalue weighted by molar-refractivity contribution is 0.0615. The highest BCUT2D eigenvalue weighted by molar-refractivity contribution is 14.0. The zero-order chi connectivity index (χ0) is 19.4. The summed E-state index contributed by atoms with van der Waals surface area (Å²) in [5.74, 6) is 2.35. The lowest BCUT2D eigenvalue weighted by Crippen LogP contribution is -2.47. The summed E-state index contributed by atoms with van der Waals surface area (Å²) in [6.45, 7) is 4.45. The van der Waals surface area contributed by atoms with E-state index in [1.54, 1.807) is 17.8 Å². The number of aliphatic hydroxyl groups is 1. The minimum absolute atomic E-state index is 0. The first kappa shape index (κ1) is 22.6. The van der Waals surface area contributed by atoms with Gasteiger partial charge in [0.15, 0.2) is 11.8 Å². The molecule has 0 bridgehead atoms. The van der Waals surface area contributed by atoms with Crippen molar-refractivity contribution >= 4 is 29.9 Å². The molecule has 2 aromatic heterocycles. The Morgan fingerprint density at radius 2 is 2.04 bits per heavy atom. The summed E-state index contributed by atoms with van der Waals surface area (Å²) in [7, 11) is 3.77. The van der Waals surface area contributed by atoms with Gasteiger partial charge in [0.05, 0.1) is 12.7 Å². The van der Waals surface area contributed by atoms with Crippen LogP contribution in [0.25, 0.3) is 0 Å². The predicted molar refractivity (Wildman–Crippen MR) is 118 cm³/mol. The zero-order valence-electron chi connectivity index (χ0n) is 17.0. The molecule has 3 rings (SSSR count). The molecule has 156 valence electrons. The van der Waals surface area contributed by atoms with Crippen LogP contribution in [0, 0.1) is 6.92 Å². The first-order valence-electron chi connectivity index (χ1n) is 9.46. The van der Waals surface area contributed by atoms with E-state index in [2.05, 4.69) is 30.9 Å². The Kier molecular flexibility index (Phi) is 7.81. The van der Waals surface area contributed by atoms with E-state index in [1.807, 2.05) is 31.8 Å². The topological polar surface area (TPSA) is 105 Å². The van der Waals surface area contributed by atoms with Gasteiger partial charge in [-0.05, 0) is 26.7 Å². The van der Waals surface area contributed by atoms with Gasteiger partial charge in [0.25, 0.3) is 0 Å². The highest BCUT2D eigenvalue weighted by Gasteiger charge is 2.26. The minimum atomic E-state index is -1.05. The van der Waals surface area contributed by atoms with Gasteiger partial charge in [0, 0.05) is 31.9 Å². The van der Waals surface area contributed by atoms with E-state index in [9.17, 15) is 5.11 Å². The van der Waals surface area contributed by atoms with Crippen LogP contribution in [0.5, 0.6) is 0 Å². The Bertz CT molecular complexity index is 791. The van der Waals surface area contributed by atoms with Crippen LogP contribution in [0.2, 0.25) is 0 Å². The van der Waals surface area contributed by atoms with Crippen LogP contribution in [0.1, 0.15) is 49.8 Å². The summed E-state index contributed by atoms with van der Waals surface area (Å²) in [4.78, 5) is 4.67. The van der Waals surface area contributed by atoms with E-state index in [0.29, 0.717) is 25.1 Å². The molecule has 1 aliphatic carbocycles. The van der Waals surface area contributed by atoms with Crippen LogP contribution in [0.3, 0.4) is 0 Å². The SMILES string of the molecule is Cc1nnc(CN=C(NCC(C)(O)c2cnn(C)c2)NC2CCCC2)n1C.I. The maximum atomic E-state index is 10.8. The predicted octanol–water partition coefficient (Wildman–Crippen LogP) is 1.36. The van der Waals surface area contributed by atoms with Crippen molar-refractivity contribution in [3.05, 3.63) is 29.6 Å². The normalized spacial score (nSPS) is 17.2. The van der Waals surface area contributed by atoms with E-state index in [0.717, 1.165) is 30.1 Å². The number of rotatable bonds is 6. The monoisotopic (exact) mass is 502 g/mol. The van der Waals surface area contributed by atoms with E-state index in [-0.39, 0.29) is 24.0 Å². The molecular formula is C18H31IN8O. The standard InChI is InChI=1S/C18H30N8O.HI/c1-13-23-24-16(26(13)4)10-19-17(22-15-7-5-6-8-15)20-12-18(2,27)14-9-21-25(3)11-14;/h9,11,15,27H,5-8,10,12H2,1-4H3,(H2,19,20,22);1H. The van der Waals surface area contributed by atoms with Gasteiger partial charge in [-0.25, -0.2) is 4.99 Å². The van der Waals surface area contributed by atoms with E-state index in [1.165, 1.54) is 12.8 Å². The molecule has 0 saturated heterocycles. The summed E-state index contributed by atoms with van der Waals surface area (Å²) in [6, 6.07) is 0.417. The quantitative estimate of drug-likeness (QED) is 0.313. The Balaban J connectivity index is 0.00000280. The van der Waals surface area contributed by atoms with Crippen molar-refractivity contribution in [1.29, 1.82) is 0 Å². The molecule has 1 fully saturated rings. The van der Waals surface area contributed by atoms with Crippen molar-refractivity contribution in [2.24, 2.45) is 19.1 Å². The first-order chi connectivity index (χ1) is 12.8. The number of aromatic nitrogens is 5. The van der Waals surface area contributed by atoms with Gasteiger partial charge in [0.2, 0.25) is 0 Å². The Morgan fingerprint density at radius 1 is 1.32 bits per heavy atom. The van der Waals surface area contributed by atoms with Crippen LogP contribution in [-0.2, 0) is 26.2 Å². The number of aryl methyl sites for hydroxylation is 2. The van der Waals surface area contributed by atoms with Gasteiger partial charge < -0.3 is 20.3 Å². The first-order valence-corrected chi connectivity index (χ1v) is 9.46. The second-order valence-electron chi connectivity index (χ2n) is 7.54. The highest BCUT2D eigenvalue weighted by Crippen LogP contribution is 2.19. The molecule has 1 aliphatic rings. The number of guanidine groups is 1. The molecule has 0 aromatic carbocycles. The van der Waals surface area contributed by atoms with Crippen LogP contribution in [0.15, 0.2) is 17.4 Å². The molecule has 9 nitrogen and oxygen atoms in total. The third kappa shape index (κ3) is 5.66. The van der Waals surface area contributed by atoms with Gasteiger partial charge in [-0.3, -0.25) is 4.68 Å². The smallest absolute Gasteiger partial charge is 0.192 e. The fraction of sp³-hybridized carbons (Fsp3) is 0.667. The molecule has 0 aliphatic heterocycles. The van der Waals surface area contributed by atoms with Crippen molar-refractivity contribution in [2.75, 3.05) is 6.54 Å². The van der Waals surface area contributed by atoms with Crippen LogP contribution >= 0.6 is 24.0 Å². The maximum absolute atomic E-state index is 10.8. The van der Waals surface area contributed by atoms with E-state index < -0.39 is 5.60 Å². The lowest BCUT2D eigenvalue weighted by atomic mass is 10.00. The summed E-state index contributed by atoms with van der Waals surface area (Å²) < 4.78 is 3.62. The Hall–Kier alpha value is -1.69.